The lowest BCUT2D eigenvalue weighted by molar-refractivity contribution is 0.0821. The van der Waals surface area contributed by atoms with Gasteiger partial charge in [-0.15, -0.1) is 0 Å². The second kappa shape index (κ2) is 7.95. The van der Waals surface area contributed by atoms with Crippen molar-refractivity contribution in [3.63, 3.8) is 0 Å². The van der Waals surface area contributed by atoms with E-state index in [-0.39, 0.29) is 6.10 Å². The number of aromatic nitrogens is 3. The Bertz CT molecular complexity index is 1030. The maximum absolute atomic E-state index is 6.08. The average Bonchev–Trinajstić information content (AvgIpc) is 2.98. The third-order valence-corrected chi connectivity index (χ3v) is 5.35. The van der Waals surface area contributed by atoms with E-state index in [9.17, 15) is 0 Å². The fourth-order valence-electron chi connectivity index (χ4n) is 3.20. The Kier molecular flexibility index (Phi) is 5.39. The monoisotopic (exact) mass is 416 g/mol. The van der Waals surface area contributed by atoms with Gasteiger partial charge in [0.1, 0.15) is 6.61 Å². The van der Waals surface area contributed by atoms with Crippen LogP contribution in [0.4, 0.5) is 0 Å². The molecule has 4 rings (SSSR count). The Morgan fingerprint density at radius 3 is 2.64 bits per heavy atom. The Labute approximate surface area is 173 Å². The molecule has 1 aliphatic rings. The molecule has 0 saturated carbocycles. The second-order valence-corrected chi connectivity index (χ2v) is 7.65. The summed E-state index contributed by atoms with van der Waals surface area (Å²) in [6.45, 7) is 1.73. The van der Waals surface area contributed by atoms with Crippen LogP contribution in [0.1, 0.15) is 17.5 Å². The lowest BCUT2D eigenvalue weighted by Crippen LogP contribution is -2.25. The Hall–Kier alpha value is -2.35. The Balaban J connectivity index is 1.49. The van der Waals surface area contributed by atoms with Crippen molar-refractivity contribution in [3.05, 3.63) is 69.7 Å². The van der Waals surface area contributed by atoms with Crippen molar-refractivity contribution < 1.29 is 9.47 Å². The van der Waals surface area contributed by atoms with Crippen LogP contribution in [0, 0.1) is 4.77 Å². The number of hydrogen-bond donors (Lipinski definition) is 0. The topological polar surface area (TPSA) is 44.5 Å². The largest absolute Gasteiger partial charge is 0.485 e. The number of fused-ring (bicyclic) bond motifs is 1. The molecule has 0 radical (unpaired) electrons. The fourth-order valence-corrected chi connectivity index (χ4v) is 3.52. The van der Waals surface area contributed by atoms with E-state index < -0.39 is 0 Å². The minimum absolute atomic E-state index is 0.301. The van der Waals surface area contributed by atoms with Gasteiger partial charge in [-0.25, -0.2) is 4.68 Å². The van der Waals surface area contributed by atoms with E-state index in [1.807, 2.05) is 71.9 Å². The Morgan fingerprint density at radius 1 is 1.18 bits per heavy atom. The van der Waals surface area contributed by atoms with Crippen molar-refractivity contribution in [2.45, 2.75) is 19.3 Å². The molecule has 28 heavy (non-hydrogen) atoms. The first kappa shape index (κ1) is 19.0. The molecular formula is C20H21ClN4O2S. The maximum atomic E-state index is 6.08. The SMILES string of the molecule is CN(Cc1ccc(Cl)cc1)Cn1nc([C@@H]2COc3ccccc3O2)n(C)c1=S. The number of nitrogens with zero attached hydrogens (tertiary/aromatic N) is 4. The first-order valence-corrected chi connectivity index (χ1v) is 9.75. The average molecular weight is 417 g/mol. The molecule has 0 spiro atoms. The van der Waals surface area contributed by atoms with Gasteiger partial charge in [0, 0.05) is 18.6 Å². The van der Waals surface area contributed by atoms with Gasteiger partial charge in [0.2, 0.25) is 0 Å². The van der Waals surface area contributed by atoms with Crippen LogP contribution in [-0.2, 0) is 20.3 Å². The molecule has 2 heterocycles. The predicted molar refractivity (Wildman–Crippen MR) is 110 cm³/mol. The minimum Gasteiger partial charge on any atom is -0.485 e. The summed E-state index contributed by atoms with van der Waals surface area (Å²) in [6, 6.07) is 15.5. The van der Waals surface area contributed by atoms with Crippen molar-refractivity contribution in [2.24, 2.45) is 7.05 Å². The summed E-state index contributed by atoms with van der Waals surface area (Å²) >= 11 is 11.5. The molecule has 1 atom stereocenters. The van der Waals surface area contributed by atoms with E-state index in [0.29, 0.717) is 18.0 Å². The molecule has 0 amide bonds. The summed E-state index contributed by atoms with van der Waals surface area (Å²) in [5.74, 6) is 2.22. The second-order valence-electron chi connectivity index (χ2n) is 6.85. The summed E-state index contributed by atoms with van der Waals surface area (Å²) in [6.07, 6.45) is -0.301. The van der Waals surface area contributed by atoms with Crippen molar-refractivity contribution in [1.29, 1.82) is 0 Å². The van der Waals surface area contributed by atoms with Gasteiger partial charge >= 0.3 is 0 Å². The summed E-state index contributed by atoms with van der Waals surface area (Å²) in [4.78, 5) is 2.14. The van der Waals surface area contributed by atoms with Crippen molar-refractivity contribution in [3.8, 4) is 11.5 Å². The molecule has 2 aromatic carbocycles. The highest BCUT2D eigenvalue weighted by Crippen LogP contribution is 2.35. The third-order valence-electron chi connectivity index (χ3n) is 4.61. The minimum atomic E-state index is -0.301. The number of halogens is 1. The van der Waals surface area contributed by atoms with Gasteiger partial charge in [-0.3, -0.25) is 4.90 Å². The zero-order valence-corrected chi connectivity index (χ0v) is 17.3. The molecule has 0 aliphatic carbocycles. The van der Waals surface area contributed by atoms with Crippen LogP contribution in [0.15, 0.2) is 48.5 Å². The van der Waals surface area contributed by atoms with Crippen LogP contribution in [0.2, 0.25) is 5.02 Å². The van der Waals surface area contributed by atoms with Crippen LogP contribution in [0.3, 0.4) is 0 Å². The zero-order chi connectivity index (χ0) is 19.7. The molecule has 3 aromatic rings. The highest BCUT2D eigenvalue weighted by molar-refractivity contribution is 7.71. The van der Waals surface area contributed by atoms with Crippen LogP contribution in [-0.4, -0.2) is 32.9 Å². The quantitative estimate of drug-likeness (QED) is 0.583. The molecule has 0 unspecified atom stereocenters. The molecular weight excluding hydrogens is 396 g/mol. The molecule has 8 heteroatoms. The number of benzene rings is 2. The smallest absolute Gasteiger partial charge is 0.198 e. The lowest BCUT2D eigenvalue weighted by atomic mass is 10.2. The van der Waals surface area contributed by atoms with Gasteiger partial charge in [0.15, 0.2) is 28.2 Å². The first-order valence-electron chi connectivity index (χ1n) is 8.96. The third kappa shape index (κ3) is 3.92. The van der Waals surface area contributed by atoms with E-state index in [1.165, 1.54) is 5.56 Å². The lowest BCUT2D eigenvalue weighted by Gasteiger charge is -2.25. The zero-order valence-electron chi connectivity index (χ0n) is 15.7. The molecule has 0 fully saturated rings. The molecule has 146 valence electrons. The van der Waals surface area contributed by atoms with Crippen molar-refractivity contribution >= 4 is 23.8 Å². The normalized spacial score (nSPS) is 15.8. The molecule has 0 bridgehead atoms. The molecule has 6 nitrogen and oxygen atoms in total. The van der Waals surface area contributed by atoms with Crippen LogP contribution in [0.25, 0.3) is 0 Å². The van der Waals surface area contributed by atoms with Crippen LogP contribution >= 0.6 is 23.8 Å². The summed E-state index contributed by atoms with van der Waals surface area (Å²) in [5, 5.41) is 5.44. The molecule has 0 N–H and O–H groups in total. The highest BCUT2D eigenvalue weighted by atomic mass is 35.5. The van der Waals surface area contributed by atoms with E-state index in [2.05, 4.69) is 4.90 Å². The Morgan fingerprint density at radius 2 is 1.89 bits per heavy atom. The fraction of sp³-hybridized carbons (Fsp3) is 0.300. The van der Waals surface area contributed by atoms with Gasteiger partial charge in [-0.2, -0.15) is 5.10 Å². The summed E-state index contributed by atoms with van der Waals surface area (Å²) in [7, 11) is 3.94. The van der Waals surface area contributed by atoms with E-state index >= 15 is 0 Å². The first-order chi connectivity index (χ1) is 13.5. The van der Waals surface area contributed by atoms with E-state index in [0.717, 1.165) is 28.9 Å². The predicted octanol–water partition coefficient (Wildman–Crippen LogP) is 4.21. The maximum Gasteiger partial charge on any atom is 0.198 e. The molecule has 0 saturated heterocycles. The van der Waals surface area contributed by atoms with Gasteiger partial charge in [-0.05, 0) is 49.1 Å². The van der Waals surface area contributed by atoms with Crippen LogP contribution in [0.5, 0.6) is 11.5 Å². The number of para-hydroxylation sites is 2. The van der Waals surface area contributed by atoms with Gasteiger partial charge < -0.3 is 14.0 Å². The summed E-state index contributed by atoms with van der Waals surface area (Å²) in [5.41, 5.74) is 1.18. The summed E-state index contributed by atoms with van der Waals surface area (Å²) < 4.78 is 16.2. The number of hydrogen-bond acceptors (Lipinski definition) is 5. The standard InChI is InChI=1S/C20H21ClN4O2S/c1-23(11-14-7-9-15(21)10-8-14)13-25-20(28)24(2)19(22-25)18-12-26-16-5-3-4-6-17(16)27-18/h3-10,18H,11-13H2,1-2H3/t18-/m0/s1. The highest BCUT2D eigenvalue weighted by Gasteiger charge is 2.27. The van der Waals surface area contributed by atoms with Gasteiger partial charge in [0.25, 0.3) is 0 Å². The number of rotatable bonds is 5. The van der Waals surface area contributed by atoms with Crippen LogP contribution < -0.4 is 9.47 Å². The van der Waals surface area contributed by atoms with E-state index in [1.54, 1.807) is 0 Å². The van der Waals surface area contributed by atoms with E-state index in [4.69, 9.17) is 38.4 Å². The molecule has 1 aliphatic heterocycles. The number of ether oxygens (including phenoxy) is 2. The van der Waals surface area contributed by atoms with Crippen molar-refractivity contribution in [2.75, 3.05) is 13.7 Å². The van der Waals surface area contributed by atoms with Gasteiger partial charge in [-0.1, -0.05) is 35.9 Å². The van der Waals surface area contributed by atoms with Crippen molar-refractivity contribution in [1.82, 2.24) is 19.2 Å². The van der Waals surface area contributed by atoms with Gasteiger partial charge in [0.05, 0.1) is 6.67 Å². The molecule has 1 aromatic heterocycles.